The second kappa shape index (κ2) is 8.63. The molecule has 1 aliphatic heterocycles. The summed E-state index contributed by atoms with van der Waals surface area (Å²) in [5, 5.41) is 9.38. The molecule has 1 heterocycles. The first-order valence-electron chi connectivity index (χ1n) is 7.35. The van der Waals surface area contributed by atoms with Crippen molar-refractivity contribution >= 4 is 11.9 Å². The van der Waals surface area contributed by atoms with Crippen molar-refractivity contribution in [1.82, 2.24) is 4.90 Å². The Hall–Kier alpha value is -1.50. The number of carboxylic acid groups (broad SMARTS) is 1. The maximum atomic E-state index is 11.8. The Labute approximate surface area is 122 Å². The number of rotatable bonds is 3. The third-order valence-electron chi connectivity index (χ3n) is 3.58. The Balaban J connectivity index is 0.00000172. The van der Waals surface area contributed by atoms with Gasteiger partial charge in [-0.1, -0.05) is 27.7 Å². The van der Waals surface area contributed by atoms with E-state index >= 15 is 0 Å². The molecule has 1 rings (SSSR count). The fourth-order valence-corrected chi connectivity index (χ4v) is 2.24. The molecule has 0 aromatic rings. The van der Waals surface area contributed by atoms with E-state index < -0.39 is 11.4 Å². The van der Waals surface area contributed by atoms with Gasteiger partial charge < -0.3 is 10.0 Å². The zero-order valence-electron chi connectivity index (χ0n) is 13.3. The summed E-state index contributed by atoms with van der Waals surface area (Å²) in [7, 11) is 0. The number of amides is 1. The molecular weight excluding hydrogens is 254 g/mol. The van der Waals surface area contributed by atoms with Crippen LogP contribution in [0.5, 0.6) is 0 Å². The number of hydrogen-bond acceptors (Lipinski definition) is 2. The lowest BCUT2D eigenvalue weighted by atomic mass is 9.75. The summed E-state index contributed by atoms with van der Waals surface area (Å²) >= 11 is 0. The van der Waals surface area contributed by atoms with Gasteiger partial charge in [-0.2, -0.15) is 0 Å². The van der Waals surface area contributed by atoms with Crippen LogP contribution < -0.4 is 0 Å². The van der Waals surface area contributed by atoms with Crippen molar-refractivity contribution < 1.29 is 14.7 Å². The second-order valence-electron chi connectivity index (χ2n) is 5.17. The van der Waals surface area contributed by atoms with E-state index in [1.807, 2.05) is 27.7 Å². The van der Waals surface area contributed by atoms with Crippen molar-refractivity contribution in [2.24, 2.45) is 11.3 Å². The van der Waals surface area contributed by atoms with Crippen molar-refractivity contribution in [3.05, 3.63) is 0 Å². The van der Waals surface area contributed by atoms with E-state index in [2.05, 4.69) is 11.8 Å². The standard InChI is InChI=1S/C14H21NO3.C2H6/c1-4-5-6-14(13(17)18)7-9-15(10-8-14)12(16)11(2)3;1-2/h11H,6-10H2,1-3H3,(H,17,18);1-2H3. The number of nitrogens with zero attached hydrogens (tertiary/aromatic N) is 1. The number of aliphatic carboxylic acids is 1. The summed E-state index contributed by atoms with van der Waals surface area (Å²) in [5.74, 6) is 4.91. The van der Waals surface area contributed by atoms with Gasteiger partial charge in [-0.15, -0.1) is 11.8 Å². The van der Waals surface area contributed by atoms with Crippen molar-refractivity contribution in [1.29, 1.82) is 0 Å². The summed E-state index contributed by atoms with van der Waals surface area (Å²) in [4.78, 5) is 25.0. The normalized spacial score (nSPS) is 16.6. The lowest BCUT2D eigenvalue weighted by molar-refractivity contribution is -0.154. The number of carboxylic acids is 1. The Bertz CT molecular complexity index is 382. The predicted octanol–water partition coefficient (Wildman–Crippen LogP) is 2.78. The number of carbonyl (C=O) groups is 2. The predicted molar refractivity (Wildman–Crippen MR) is 80.1 cm³/mol. The SMILES string of the molecule is CC.CC#CCC1(C(=O)O)CCN(C(=O)C(C)C)CC1. The van der Waals surface area contributed by atoms with Gasteiger partial charge in [0.05, 0.1) is 5.41 Å². The lowest BCUT2D eigenvalue weighted by Gasteiger charge is -2.38. The molecule has 0 spiro atoms. The smallest absolute Gasteiger partial charge is 0.310 e. The number of carbonyl (C=O) groups excluding carboxylic acids is 1. The van der Waals surface area contributed by atoms with Crippen molar-refractivity contribution in [3.63, 3.8) is 0 Å². The third-order valence-corrected chi connectivity index (χ3v) is 3.58. The Morgan fingerprint density at radius 2 is 1.75 bits per heavy atom. The second-order valence-corrected chi connectivity index (χ2v) is 5.17. The molecule has 20 heavy (non-hydrogen) atoms. The van der Waals surface area contributed by atoms with Crippen LogP contribution in [0, 0.1) is 23.2 Å². The molecular formula is C16H27NO3. The molecule has 4 heteroatoms. The summed E-state index contributed by atoms with van der Waals surface area (Å²) in [5.41, 5.74) is -0.767. The van der Waals surface area contributed by atoms with Crippen LogP contribution in [0.2, 0.25) is 0 Å². The van der Waals surface area contributed by atoms with Crippen LogP contribution in [0.1, 0.15) is 53.9 Å². The molecule has 0 aromatic carbocycles. The van der Waals surface area contributed by atoms with E-state index in [1.165, 1.54) is 0 Å². The molecule has 1 saturated heterocycles. The average molecular weight is 281 g/mol. The molecule has 0 saturated carbocycles. The van der Waals surface area contributed by atoms with Gasteiger partial charge >= 0.3 is 5.97 Å². The van der Waals surface area contributed by atoms with Crippen molar-refractivity contribution in [2.45, 2.75) is 53.9 Å². The highest BCUT2D eigenvalue weighted by molar-refractivity contribution is 5.79. The molecule has 4 nitrogen and oxygen atoms in total. The van der Waals surface area contributed by atoms with E-state index in [0.717, 1.165) is 0 Å². The van der Waals surface area contributed by atoms with Crippen LogP contribution in [-0.4, -0.2) is 35.0 Å². The van der Waals surface area contributed by atoms with Gasteiger partial charge in [-0.25, -0.2) is 0 Å². The first-order valence-corrected chi connectivity index (χ1v) is 7.35. The topological polar surface area (TPSA) is 57.6 Å². The molecule has 1 fully saturated rings. The highest BCUT2D eigenvalue weighted by Crippen LogP contribution is 2.35. The molecule has 0 aliphatic carbocycles. The highest BCUT2D eigenvalue weighted by atomic mass is 16.4. The number of likely N-dealkylation sites (tertiary alicyclic amines) is 1. The van der Waals surface area contributed by atoms with Gasteiger partial charge in [0.2, 0.25) is 5.91 Å². The van der Waals surface area contributed by atoms with Crippen LogP contribution in [0.15, 0.2) is 0 Å². The van der Waals surface area contributed by atoms with Gasteiger partial charge in [-0.3, -0.25) is 9.59 Å². The molecule has 1 aliphatic rings. The number of piperidine rings is 1. The molecule has 1 amide bonds. The van der Waals surface area contributed by atoms with E-state index in [9.17, 15) is 14.7 Å². The van der Waals surface area contributed by atoms with E-state index in [4.69, 9.17) is 0 Å². The minimum Gasteiger partial charge on any atom is -0.481 e. The average Bonchev–Trinajstić information content (AvgIpc) is 2.46. The minimum atomic E-state index is -0.790. The summed E-state index contributed by atoms with van der Waals surface area (Å²) in [6, 6.07) is 0. The minimum absolute atomic E-state index is 0.0299. The van der Waals surface area contributed by atoms with Crippen LogP contribution in [-0.2, 0) is 9.59 Å². The largest absolute Gasteiger partial charge is 0.481 e. The lowest BCUT2D eigenvalue weighted by Crippen LogP contribution is -2.47. The molecule has 0 radical (unpaired) electrons. The Morgan fingerprint density at radius 1 is 1.25 bits per heavy atom. The molecule has 0 bridgehead atoms. The summed E-state index contributed by atoms with van der Waals surface area (Å²) in [6.07, 6.45) is 1.37. The van der Waals surface area contributed by atoms with Gasteiger partial charge in [0.15, 0.2) is 0 Å². The van der Waals surface area contributed by atoms with Crippen molar-refractivity contribution in [3.8, 4) is 11.8 Å². The third kappa shape index (κ3) is 4.56. The van der Waals surface area contributed by atoms with E-state index in [-0.39, 0.29) is 11.8 Å². The van der Waals surface area contributed by atoms with Gasteiger partial charge in [0, 0.05) is 25.4 Å². The fourth-order valence-electron chi connectivity index (χ4n) is 2.24. The molecule has 1 N–H and O–H groups in total. The molecule has 0 atom stereocenters. The first kappa shape index (κ1) is 18.5. The van der Waals surface area contributed by atoms with E-state index in [1.54, 1.807) is 11.8 Å². The van der Waals surface area contributed by atoms with Crippen LogP contribution in [0.4, 0.5) is 0 Å². The van der Waals surface area contributed by atoms with Crippen molar-refractivity contribution in [2.75, 3.05) is 13.1 Å². The molecule has 0 aromatic heterocycles. The van der Waals surface area contributed by atoms with Gasteiger partial charge in [0.1, 0.15) is 0 Å². The van der Waals surface area contributed by atoms with Crippen LogP contribution in [0.3, 0.4) is 0 Å². The first-order chi connectivity index (χ1) is 9.43. The van der Waals surface area contributed by atoms with Gasteiger partial charge in [-0.05, 0) is 19.8 Å². The Morgan fingerprint density at radius 3 is 2.10 bits per heavy atom. The maximum Gasteiger partial charge on any atom is 0.310 e. The highest BCUT2D eigenvalue weighted by Gasteiger charge is 2.41. The summed E-state index contributed by atoms with van der Waals surface area (Å²) < 4.78 is 0. The zero-order valence-corrected chi connectivity index (χ0v) is 13.3. The monoisotopic (exact) mass is 281 g/mol. The van der Waals surface area contributed by atoms with Crippen LogP contribution in [0.25, 0.3) is 0 Å². The maximum absolute atomic E-state index is 11.8. The number of hydrogen-bond donors (Lipinski definition) is 1. The summed E-state index contributed by atoms with van der Waals surface area (Å²) in [6.45, 7) is 10.5. The van der Waals surface area contributed by atoms with Crippen LogP contribution >= 0.6 is 0 Å². The molecule has 0 unspecified atom stereocenters. The quantitative estimate of drug-likeness (QED) is 0.809. The fraction of sp³-hybridized carbons (Fsp3) is 0.750. The van der Waals surface area contributed by atoms with E-state index in [0.29, 0.717) is 32.4 Å². The Kier molecular flexibility index (Phi) is 7.98. The zero-order chi connectivity index (χ0) is 15.8. The molecule has 114 valence electrons. The van der Waals surface area contributed by atoms with Gasteiger partial charge in [0.25, 0.3) is 0 Å².